The van der Waals surface area contributed by atoms with Gasteiger partial charge >= 0.3 is 17.9 Å². The van der Waals surface area contributed by atoms with Gasteiger partial charge in [-0.25, -0.2) is 14.4 Å². The Morgan fingerprint density at radius 2 is 1.82 bits per heavy atom. The van der Waals surface area contributed by atoms with Crippen LogP contribution in [-0.2, 0) is 42.8 Å². The zero-order valence-electron chi connectivity index (χ0n) is 21.9. The molecule has 4 bridgehead atoms. The number of hydrogen-bond acceptors (Lipinski definition) is 10. The maximum Gasteiger partial charge on any atom is 0.339 e. The third-order valence-electron chi connectivity index (χ3n) is 10.3. The Morgan fingerprint density at radius 3 is 2.62 bits per heavy atom. The summed E-state index contributed by atoms with van der Waals surface area (Å²) in [6, 6.07) is 0. The van der Waals surface area contributed by atoms with Crippen molar-refractivity contribution < 1.29 is 47.9 Å². The summed E-state index contributed by atoms with van der Waals surface area (Å²) >= 11 is 0. The molecule has 7 aliphatic rings. The van der Waals surface area contributed by atoms with E-state index in [4.69, 9.17) is 28.4 Å². The Labute approximate surface area is 225 Å². The number of esters is 3. The first-order chi connectivity index (χ1) is 18.7. The SMILES string of the molecule is CC1=C[C@H]2O[C@@H]3C[C@H]4OC(=O)/C=C\C=C/[C@]56OCC/C(=C/C(=O)OC[C@@]2(CC1)[C@]4(C)[C@]31CO1)[C@H]5OC(=O)[C@@H]6O. The molecule has 39 heavy (non-hydrogen) atoms. The molecule has 9 atom stereocenters. The second-order valence-corrected chi connectivity index (χ2v) is 12.0. The quantitative estimate of drug-likeness (QED) is 0.209. The smallest absolute Gasteiger partial charge is 0.339 e. The maximum atomic E-state index is 13.3. The molecule has 2 spiro atoms. The number of allylic oxidation sites excluding steroid dienone is 3. The summed E-state index contributed by atoms with van der Waals surface area (Å²) in [5, 5.41) is 10.7. The van der Waals surface area contributed by atoms with Crippen LogP contribution in [0.4, 0.5) is 0 Å². The lowest BCUT2D eigenvalue weighted by molar-refractivity contribution is -0.232. The van der Waals surface area contributed by atoms with Gasteiger partial charge in [-0.3, -0.25) is 0 Å². The topological polar surface area (TPSA) is 130 Å². The van der Waals surface area contributed by atoms with Crippen LogP contribution in [0.3, 0.4) is 0 Å². The van der Waals surface area contributed by atoms with E-state index in [-0.39, 0.29) is 25.4 Å². The minimum atomic E-state index is -1.59. The van der Waals surface area contributed by atoms with E-state index in [0.717, 1.165) is 6.42 Å². The molecule has 2 aliphatic carbocycles. The predicted molar refractivity (Wildman–Crippen MR) is 132 cm³/mol. The highest BCUT2D eigenvalue weighted by atomic mass is 16.6. The van der Waals surface area contributed by atoms with Crippen molar-refractivity contribution >= 4 is 17.9 Å². The van der Waals surface area contributed by atoms with Crippen LogP contribution < -0.4 is 0 Å². The average molecular weight is 541 g/mol. The molecule has 5 heterocycles. The molecule has 4 saturated heterocycles. The maximum absolute atomic E-state index is 13.3. The number of cyclic esters (lactones) is 1. The van der Waals surface area contributed by atoms with E-state index >= 15 is 0 Å². The molecule has 10 nitrogen and oxygen atoms in total. The lowest BCUT2D eigenvalue weighted by Gasteiger charge is -2.58. The van der Waals surface area contributed by atoms with Gasteiger partial charge < -0.3 is 33.5 Å². The van der Waals surface area contributed by atoms with Crippen LogP contribution in [0.25, 0.3) is 0 Å². The van der Waals surface area contributed by atoms with Gasteiger partial charge in [0.15, 0.2) is 17.8 Å². The molecular weight excluding hydrogens is 508 g/mol. The van der Waals surface area contributed by atoms with Crippen LogP contribution in [-0.4, -0.2) is 84.6 Å². The minimum Gasteiger partial charge on any atom is -0.462 e. The number of rotatable bonds is 0. The molecule has 0 radical (unpaired) electrons. The van der Waals surface area contributed by atoms with E-state index in [2.05, 4.69) is 19.9 Å². The summed E-state index contributed by atoms with van der Waals surface area (Å²) in [5.74, 6) is -1.97. The molecule has 0 amide bonds. The number of aliphatic hydroxyl groups excluding tert-OH is 1. The Balaban J connectivity index is 1.32. The fraction of sp³-hybridized carbons (Fsp3) is 0.621. The predicted octanol–water partition coefficient (Wildman–Crippen LogP) is 1.61. The largest absolute Gasteiger partial charge is 0.462 e. The lowest BCUT2D eigenvalue weighted by atomic mass is 9.51. The molecule has 1 saturated carbocycles. The first kappa shape index (κ1) is 25.2. The van der Waals surface area contributed by atoms with Crippen molar-refractivity contribution in [2.75, 3.05) is 19.8 Å². The molecule has 0 aromatic carbocycles. The fourth-order valence-corrected chi connectivity index (χ4v) is 8.02. The summed E-state index contributed by atoms with van der Waals surface area (Å²) < 4.78 is 36.1. The van der Waals surface area contributed by atoms with Crippen molar-refractivity contribution in [1.82, 2.24) is 0 Å². The van der Waals surface area contributed by atoms with Gasteiger partial charge in [-0.15, -0.1) is 0 Å². The number of carbonyl (C=O) groups is 3. The van der Waals surface area contributed by atoms with Gasteiger partial charge in [0, 0.05) is 24.0 Å². The third kappa shape index (κ3) is 3.26. The van der Waals surface area contributed by atoms with Crippen molar-refractivity contribution in [2.24, 2.45) is 10.8 Å². The van der Waals surface area contributed by atoms with E-state index in [1.165, 1.54) is 36.0 Å². The van der Waals surface area contributed by atoms with Crippen molar-refractivity contribution in [3.05, 3.63) is 47.6 Å². The number of ether oxygens (including phenoxy) is 6. The van der Waals surface area contributed by atoms with Crippen molar-refractivity contribution in [3.63, 3.8) is 0 Å². The average Bonchev–Trinajstić information content (AvgIpc) is 3.64. The van der Waals surface area contributed by atoms with Crippen molar-refractivity contribution in [2.45, 2.75) is 81.3 Å². The molecular formula is C29H32O10. The van der Waals surface area contributed by atoms with E-state index in [1.807, 2.05) is 0 Å². The molecule has 7 rings (SSSR count). The zero-order valence-corrected chi connectivity index (χ0v) is 21.9. The van der Waals surface area contributed by atoms with Crippen molar-refractivity contribution in [1.29, 1.82) is 0 Å². The molecule has 10 heteroatoms. The Morgan fingerprint density at radius 1 is 1.00 bits per heavy atom. The summed E-state index contributed by atoms with van der Waals surface area (Å²) in [4.78, 5) is 38.7. The second kappa shape index (κ2) is 8.36. The van der Waals surface area contributed by atoms with Crippen LogP contribution in [0.15, 0.2) is 47.6 Å². The molecule has 0 unspecified atom stereocenters. The van der Waals surface area contributed by atoms with Crippen LogP contribution in [0.1, 0.15) is 39.5 Å². The van der Waals surface area contributed by atoms with Gasteiger partial charge in [-0.2, -0.15) is 0 Å². The molecule has 5 aliphatic heterocycles. The van der Waals surface area contributed by atoms with Gasteiger partial charge in [0.1, 0.15) is 18.3 Å². The zero-order chi connectivity index (χ0) is 27.2. The third-order valence-corrected chi connectivity index (χ3v) is 10.3. The van der Waals surface area contributed by atoms with Crippen LogP contribution in [0, 0.1) is 10.8 Å². The highest BCUT2D eigenvalue weighted by Gasteiger charge is 2.83. The van der Waals surface area contributed by atoms with Gasteiger partial charge in [-0.05, 0) is 37.8 Å². The van der Waals surface area contributed by atoms with Crippen LogP contribution in [0.5, 0.6) is 0 Å². The normalized spacial score (nSPS) is 51.4. The Hall–Kier alpha value is -2.79. The highest BCUT2D eigenvalue weighted by Crippen LogP contribution is 2.72. The number of carbonyl (C=O) groups excluding carboxylic acids is 3. The number of epoxide rings is 1. The van der Waals surface area contributed by atoms with Gasteiger partial charge in [-0.1, -0.05) is 30.7 Å². The van der Waals surface area contributed by atoms with Crippen molar-refractivity contribution in [3.8, 4) is 0 Å². The van der Waals surface area contributed by atoms with E-state index in [0.29, 0.717) is 31.4 Å². The lowest BCUT2D eigenvalue weighted by Crippen LogP contribution is -2.66. The molecule has 208 valence electrons. The molecule has 0 aromatic rings. The number of aliphatic hydroxyl groups is 1. The molecule has 1 N–H and O–H groups in total. The summed E-state index contributed by atoms with van der Waals surface area (Å²) in [6.45, 7) is 4.84. The first-order valence-corrected chi connectivity index (χ1v) is 13.6. The minimum absolute atomic E-state index is 0.0386. The Kier molecular flexibility index (Phi) is 5.40. The van der Waals surface area contributed by atoms with Gasteiger partial charge in [0.05, 0.1) is 30.8 Å². The Bertz CT molecular complexity index is 1260. The summed E-state index contributed by atoms with van der Waals surface area (Å²) in [7, 11) is 0. The molecule has 0 aromatic heterocycles. The first-order valence-electron chi connectivity index (χ1n) is 13.6. The van der Waals surface area contributed by atoms with Gasteiger partial charge in [0.25, 0.3) is 0 Å². The van der Waals surface area contributed by atoms with Crippen LogP contribution in [0.2, 0.25) is 0 Å². The summed E-state index contributed by atoms with van der Waals surface area (Å²) in [6.07, 6.45) is 7.85. The van der Waals surface area contributed by atoms with E-state index in [1.54, 1.807) is 0 Å². The van der Waals surface area contributed by atoms with Gasteiger partial charge in [0.2, 0.25) is 0 Å². The standard InChI is InChI=1S/C29H32O10/c1-16-6-9-27-14-34-22(31)12-17-7-10-35-28(23(32)25(33)39-24(17)28)8-4-3-5-21(30)38-18-13-20(37-19(27)11-16)29(15-36-29)26(18,27)2/h3-5,8,11-12,18-20,23-24,32H,6-7,9-10,13-15H2,1-2H3/b5-3-,8-4-,17-12-/t18-,19-,20-,23+,24-,26-,27-,28-,29+/m1/s1. The van der Waals surface area contributed by atoms with E-state index < -0.39 is 58.3 Å². The fourth-order valence-electron chi connectivity index (χ4n) is 8.02. The van der Waals surface area contributed by atoms with Crippen LogP contribution >= 0.6 is 0 Å². The second-order valence-electron chi connectivity index (χ2n) is 12.0. The monoisotopic (exact) mass is 540 g/mol. The van der Waals surface area contributed by atoms with E-state index in [9.17, 15) is 19.5 Å². The highest BCUT2D eigenvalue weighted by molar-refractivity contribution is 5.85. The number of hydrogen-bond donors (Lipinski definition) is 1. The molecule has 5 fully saturated rings. The summed E-state index contributed by atoms with van der Waals surface area (Å²) in [5.41, 5.74) is -1.78.